The van der Waals surface area contributed by atoms with Crippen molar-refractivity contribution in [1.29, 1.82) is 0 Å². The molecule has 1 fully saturated rings. The van der Waals surface area contributed by atoms with Crippen molar-refractivity contribution in [1.82, 2.24) is 4.90 Å². The SMILES string of the molecule is CN1CS[C@H](F)C1. The van der Waals surface area contributed by atoms with Gasteiger partial charge in [-0.3, -0.25) is 4.90 Å². The van der Waals surface area contributed by atoms with E-state index >= 15 is 0 Å². The molecule has 1 rings (SSSR count). The van der Waals surface area contributed by atoms with Crippen LogP contribution in [0.15, 0.2) is 0 Å². The van der Waals surface area contributed by atoms with Crippen LogP contribution in [0.25, 0.3) is 0 Å². The number of rotatable bonds is 0. The van der Waals surface area contributed by atoms with Gasteiger partial charge in [0.15, 0.2) is 5.50 Å². The van der Waals surface area contributed by atoms with Gasteiger partial charge in [-0.1, -0.05) is 0 Å². The molecule has 0 aromatic carbocycles. The summed E-state index contributed by atoms with van der Waals surface area (Å²) in [4.78, 5) is 1.97. The van der Waals surface area contributed by atoms with E-state index in [1.165, 1.54) is 11.8 Å². The van der Waals surface area contributed by atoms with Crippen molar-refractivity contribution in [2.45, 2.75) is 5.50 Å². The van der Waals surface area contributed by atoms with Gasteiger partial charge >= 0.3 is 0 Å². The molecular formula is C4H8FNS. The second kappa shape index (κ2) is 2.01. The van der Waals surface area contributed by atoms with E-state index in [9.17, 15) is 4.39 Å². The molecule has 0 amide bonds. The molecule has 0 unspecified atom stereocenters. The topological polar surface area (TPSA) is 3.24 Å². The van der Waals surface area contributed by atoms with Gasteiger partial charge in [0, 0.05) is 12.4 Å². The Morgan fingerprint density at radius 1 is 1.86 bits per heavy atom. The Morgan fingerprint density at radius 3 is 2.71 bits per heavy atom. The first-order valence-electron chi connectivity index (χ1n) is 2.23. The minimum atomic E-state index is -0.634. The first kappa shape index (κ1) is 5.38. The zero-order valence-electron chi connectivity index (χ0n) is 4.22. The normalized spacial score (nSPS) is 34.3. The number of nitrogens with zero attached hydrogens (tertiary/aromatic N) is 1. The van der Waals surface area contributed by atoms with Gasteiger partial charge in [-0.25, -0.2) is 4.39 Å². The lowest BCUT2D eigenvalue weighted by atomic mass is 10.7. The van der Waals surface area contributed by atoms with E-state index in [-0.39, 0.29) is 0 Å². The van der Waals surface area contributed by atoms with Gasteiger partial charge < -0.3 is 0 Å². The van der Waals surface area contributed by atoms with Gasteiger partial charge in [0.1, 0.15) is 0 Å². The Balaban J connectivity index is 2.26. The number of halogens is 1. The van der Waals surface area contributed by atoms with Crippen LogP contribution in [0.2, 0.25) is 0 Å². The molecule has 0 bridgehead atoms. The fraction of sp³-hybridized carbons (Fsp3) is 1.00. The Bertz CT molecular complexity index is 60.7. The van der Waals surface area contributed by atoms with E-state index < -0.39 is 5.50 Å². The summed E-state index contributed by atoms with van der Waals surface area (Å²) in [7, 11) is 1.92. The molecule has 7 heavy (non-hydrogen) atoms. The number of alkyl halides is 1. The van der Waals surface area contributed by atoms with Crippen molar-refractivity contribution in [2.75, 3.05) is 19.5 Å². The summed E-state index contributed by atoms with van der Waals surface area (Å²) in [5, 5.41) is 0. The highest BCUT2D eigenvalue weighted by Crippen LogP contribution is 2.20. The first-order chi connectivity index (χ1) is 3.29. The molecule has 1 nitrogen and oxygen atoms in total. The van der Waals surface area contributed by atoms with Crippen molar-refractivity contribution in [3.63, 3.8) is 0 Å². The highest BCUT2D eigenvalue weighted by atomic mass is 32.2. The van der Waals surface area contributed by atoms with Crippen LogP contribution in [0.4, 0.5) is 4.39 Å². The van der Waals surface area contributed by atoms with E-state index in [1.54, 1.807) is 0 Å². The Labute approximate surface area is 46.9 Å². The molecule has 42 valence electrons. The van der Waals surface area contributed by atoms with Crippen molar-refractivity contribution < 1.29 is 4.39 Å². The summed E-state index contributed by atoms with van der Waals surface area (Å²) < 4.78 is 12.1. The Kier molecular flexibility index (Phi) is 1.54. The fourth-order valence-corrected chi connectivity index (χ4v) is 1.44. The largest absolute Gasteiger partial charge is 0.293 e. The quantitative estimate of drug-likeness (QED) is 0.469. The van der Waals surface area contributed by atoms with Crippen LogP contribution in [-0.2, 0) is 0 Å². The van der Waals surface area contributed by atoms with Gasteiger partial charge in [-0.15, -0.1) is 11.8 Å². The van der Waals surface area contributed by atoms with Gasteiger partial charge in [-0.05, 0) is 7.05 Å². The predicted molar refractivity (Wildman–Crippen MR) is 30.0 cm³/mol. The molecule has 1 saturated heterocycles. The van der Waals surface area contributed by atoms with Crippen LogP contribution in [0.1, 0.15) is 0 Å². The van der Waals surface area contributed by atoms with Gasteiger partial charge in [0.25, 0.3) is 0 Å². The zero-order chi connectivity index (χ0) is 5.28. The molecule has 1 heterocycles. The van der Waals surface area contributed by atoms with E-state index in [0.717, 1.165) is 5.88 Å². The molecule has 0 aliphatic carbocycles. The third-order valence-electron chi connectivity index (χ3n) is 0.931. The molecule has 0 spiro atoms. The summed E-state index contributed by atoms with van der Waals surface area (Å²) in [5.41, 5.74) is -0.634. The monoisotopic (exact) mass is 121 g/mol. The van der Waals surface area contributed by atoms with Crippen LogP contribution in [0.3, 0.4) is 0 Å². The van der Waals surface area contributed by atoms with E-state index in [4.69, 9.17) is 0 Å². The maximum atomic E-state index is 12.1. The van der Waals surface area contributed by atoms with Crippen LogP contribution in [0, 0.1) is 0 Å². The lowest BCUT2D eigenvalue weighted by Gasteiger charge is -2.00. The number of thioether (sulfide) groups is 1. The molecule has 0 aromatic heterocycles. The Hall–Kier alpha value is 0.240. The first-order valence-corrected chi connectivity index (χ1v) is 3.28. The average molecular weight is 121 g/mol. The molecule has 1 aliphatic rings. The average Bonchev–Trinajstić information content (AvgIpc) is 1.87. The van der Waals surface area contributed by atoms with E-state index in [1.807, 2.05) is 11.9 Å². The molecule has 1 aliphatic heterocycles. The summed E-state index contributed by atoms with van der Waals surface area (Å²) >= 11 is 1.36. The second-order valence-electron chi connectivity index (χ2n) is 1.74. The summed E-state index contributed by atoms with van der Waals surface area (Å²) in [5.74, 6) is 0.848. The maximum Gasteiger partial charge on any atom is 0.159 e. The van der Waals surface area contributed by atoms with Crippen molar-refractivity contribution >= 4 is 11.8 Å². The third kappa shape index (κ3) is 1.31. The minimum Gasteiger partial charge on any atom is -0.293 e. The predicted octanol–water partition coefficient (Wildman–Crippen LogP) is 0.918. The van der Waals surface area contributed by atoms with Gasteiger partial charge in [-0.2, -0.15) is 0 Å². The number of hydrogen-bond donors (Lipinski definition) is 0. The highest BCUT2D eigenvalue weighted by molar-refractivity contribution is 7.99. The van der Waals surface area contributed by atoms with Crippen molar-refractivity contribution in [3.05, 3.63) is 0 Å². The van der Waals surface area contributed by atoms with Crippen molar-refractivity contribution in [3.8, 4) is 0 Å². The van der Waals surface area contributed by atoms with Gasteiger partial charge in [0.2, 0.25) is 0 Å². The lowest BCUT2D eigenvalue weighted by Crippen LogP contribution is -2.13. The van der Waals surface area contributed by atoms with Gasteiger partial charge in [0.05, 0.1) is 0 Å². The van der Waals surface area contributed by atoms with Crippen molar-refractivity contribution in [2.24, 2.45) is 0 Å². The fourth-order valence-electron chi connectivity index (χ4n) is 0.559. The summed E-state index contributed by atoms with van der Waals surface area (Å²) in [6.45, 7) is 0.602. The van der Waals surface area contributed by atoms with E-state index in [0.29, 0.717) is 6.54 Å². The van der Waals surface area contributed by atoms with Crippen LogP contribution < -0.4 is 0 Å². The third-order valence-corrected chi connectivity index (χ3v) is 2.03. The summed E-state index contributed by atoms with van der Waals surface area (Å²) in [6.07, 6.45) is 0. The molecular weight excluding hydrogens is 113 g/mol. The van der Waals surface area contributed by atoms with Crippen LogP contribution in [-0.4, -0.2) is 29.9 Å². The molecule has 0 N–H and O–H groups in total. The van der Waals surface area contributed by atoms with E-state index in [2.05, 4.69) is 0 Å². The molecule has 1 atom stereocenters. The molecule has 3 heteroatoms. The second-order valence-corrected chi connectivity index (χ2v) is 2.85. The zero-order valence-corrected chi connectivity index (χ0v) is 5.04. The smallest absolute Gasteiger partial charge is 0.159 e. The van der Waals surface area contributed by atoms with Crippen LogP contribution in [0.5, 0.6) is 0 Å². The Morgan fingerprint density at radius 2 is 2.57 bits per heavy atom. The number of hydrogen-bond acceptors (Lipinski definition) is 2. The highest BCUT2D eigenvalue weighted by Gasteiger charge is 2.17. The lowest BCUT2D eigenvalue weighted by molar-refractivity contribution is 0.339. The standard InChI is InChI=1S/C4H8FNS/c1-6-2-4(5)7-3-6/h4H,2-3H2,1H3/t4-/m0/s1. The minimum absolute atomic E-state index is 0.602. The molecule has 0 saturated carbocycles. The summed E-state index contributed by atoms with van der Waals surface area (Å²) in [6, 6.07) is 0. The molecule has 0 aromatic rings. The molecule has 0 radical (unpaired) electrons. The maximum absolute atomic E-state index is 12.1. The van der Waals surface area contributed by atoms with Crippen LogP contribution >= 0.6 is 11.8 Å².